The summed E-state index contributed by atoms with van der Waals surface area (Å²) in [5.74, 6) is 0.437. The number of furan rings is 1. The second-order valence-corrected chi connectivity index (χ2v) is 2.80. The first-order valence-electron chi connectivity index (χ1n) is 4.38. The zero-order chi connectivity index (χ0) is 10.5. The van der Waals surface area contributed by atoms with Crippen molar-refractivity contribution in [1.29, 1.82) is 0 Å². The van der Waals surface area contributed by atoms with Crippen molar-refractivity contribution >= 4 is 11.9 Å². The molecule has 0 aliphatic rings. The second-order valence-electron chi connectivity index (χ2n) is 2.80. The van der Waals surface area contributed by atoms with Gasteiger partial charge in [0, 0.05) is 12.4 Å². The molecule has 74 valence electrons. The van der Waals surface area contributed by atoms with Crippen molar-refractivity contribution in [2.45, 2.75) is 0 Å². The molecule has 4 heteroatoms. The molecular formula is C11H8N2O2. The first-order chi connectivity index (χ1) is 7.36. The number of carbonyl (C=O) groups excluding carboxylic acids is 1. The average Bonchev–Trinajstić information content (AvgIpc) is 2.80. The van der Waals surface area contributed by atoms with Gasteiger partial charge in [-0.15, -0.1) is 0 Å². The molecule has 0 amide bonds. The molecule has 0 aliphatic carbocycles. The molecule has 0 bridgehead atoms. The van der Waals surface area contributed by atoms with E-state index in [1.54, 1.807) is 24.5 Å². The maximum atomic E-state index is 11.5. The van der Waals surface area contributed by atoms with Gasteiger partial charge in [-0.25, -0.2) is 4.98 Å². The molecule has 2 rings (SSSR count). The fraction of sp³-hybridized carbons (Fsp3) is 0. The summed E-state index contributed by atoms with van der Waals surface area (Å²) in [6.07, 6.45) is 8.97. The van der Waals surface area contributed by atoms with E-state index in [9.17, 15) is 4.79 Å². The topological polar surface area (TPSA) is 56.0 Å². The van der Waals surface area contributed by atoms with Crippen LogP contribution in [0.5, 0.6) is 0 Å². The number of rotatable bonds is 3. The molecule has 0 atom stereocenters. The van der Waals surface area contributed by atoms with Gasteiger partial charge in [-0.05, 0) is 24.3 Å². The number of ketones is 1. The fourth-order valence-electron chi connectivity index (χ4n) is 1.06. The number of aromatic nitrogens is 2. The van der Waals surface area contributed by atoms with Crippen LogP contribution in [0.15, 0.2) is 47.5 Å². The normalized spacial score (nSPS) is 10.7. The number of allylic oxidation sites excluding steroid dienone is 1. The Morgan fingerprint density at radius 1 is 1.40 bits per heavy atom. The van der Waals surface area contributed by atoms with Crippen LogP contribution >= 0.6 is 0 Å². The number of carbonyl (C=O) groups is 1. The van der Waals surface area contributed by atoms with Gasteiger partial charge in [-0.3, -0.25) is 9.78 Å². The molecule has 4 nitrogen and oxygen atoms in total. The lowest BCUT2D eigenvalue weighted by atomic mass is 10.2. The molecule has 2 heterocycles. The Morgan fingerprint density at radius 2 is 2.33 bits per heavy atom. The highest BCUT2D eigenvalue weighted by Gasteiger charge is 2.02. The minimum atomic E-state index is -0.195. The lowest BCUT2D eigenvalue weighted by Crippen LogP contribution is -1.97. The van der Waals surface area contributed by atoms with E-state index in [0.717, 1.165) is 0 Å². The quantitative estimate of drug-likeness (QED) is 0.561. The molecule has 0 aliphatic heterocycles. The minimum Gasteiger partial charge on any atom is -0.465 e. The fourth-order valence-corrected chi connectivity index (χ4v) is 1.06. The molecule has 0 spiro atoms. The second kappa shape index (κ2) is 4.32. The predicted molar refractivity (Wildman–Crippen MR) is 54.1 cm³/mol. The third kappa shape index (κ3) is 2.37. The highest BCUT2D eigenvalue weighted by atomic mass is 16.3. The summed E-state index contributed by atoms with van der Waals surface area (Å²) >= 11 is 0. The summed E-state index contributed by atoms with van der Waals surface area (Å²) in [6, 6.07) is 3.52. The summed E-state index contributed by atoms with van der Waals surface area (Å²) in [5, 5.41) is 0. The van der Waals surface area contributed by atoms with Gasteiger partial charge in [0.1, 0.15) is 11.5 Å². The maximum Gasteiger partial charge on any atom is 0.205 e. The van der Waals surface area contributed by atoms with Crippen molar-refractivity contribution < 1.29 is 9.21 Å². The van der Waals surface area contributed by atoms with E-state index in [1.165, 1.54) is 24.7 Å². The first-order valence-corrected chi connectivity index (χ1v) is 4.38. The summed E-state index contributed by atoms with van der Waals surface area (Å²) in [5.41, 5.74) is 0.320. The highest BCUT2D eigenvalue weighted by Crippen LogP contribution is 2.03. The maximum absolute atomic E-state index is 11.5. The van der Waals surface area contributed by atoms with Crippen LogP contribution in [0, 0.1) is 0 Å². The monoisotopic (exact) mass is 200 g/mol. The van der Waals surface area contributed by atoms with E-state index in [2.05, 4.69) is 9.97 Å². The van der Waals surface area contributed by atoms with Gasteiger partial charge in [0.25, 0.3) is 0 Å². The zero-order valence-electron chi connectivity index (χ0n) is 7.83. The van der Waals surface area contributed by atoms with E-state index in [0.29, 0.717) is 11.5 Å². The van der Waals surface area contributed by atoms with Crippen molar-refractivity contribution in [3.63, 3.8) is 0 Å². The van der Waals surface area contributed by atoms with E-state index in [1.807, 2.05) is 0 Å². The van der Waals surface area contributed by atoms with Crippen molar-refractivity contribution in [1.82, 2.24) is 9.97 Å². The Hall–Kier alpha value is -2.23. The largest absolute Gasteiger partial charge is 0.465 e. The van der Waals surface area contributed by atoms with Crippen molar-refractivity contribution in [3.8, 4) is 0 Å². The molecule has 0 saturated heterocycles. The van der Waals surface area contributed by atoms with Crippen LogP contribution in [-0.2, 0) is 0 Å². The Kier molecular flexibility index (Phi) is 2.69. The van der Waals surface area contributed by atoms with Crippen molar-refractivity contribution in [2.24, 2.45) is 0 Å². The lowest BCUT2D eigenvalue weighted by Gasteiger charge is -1.91. The van der Waals surface area contributed by atoms with Gasteiger partial charge in [-0.1, -0.05) is 0 Å². The number of hydrogen-bond acceptors (Lipinski definition) is 4. The Balaban J connectivity index is 2.11. The minimum absolute atomic E-state index is 0.195. The highest BCUT2D eigenvalue weighted by molar-refractivity contribution is 6.05. The van der Waals surface area contributed by atoms with Gasteiger partial charge >= 0.3 is 0 Å². The molecule has 0 fully saturated rings. The van der Waals surface area contributed by atoms with E-state index < -0.39 is 0 Å². The molecule has 2 aromatic rings. The van der Waals surface area contributed by atoms with Gasteiger partial charge in [0.2, 0.25) is 5.78 Å². The van der Waals surface area contributed by atoms with Gasteiger partial charge < -0.3 is 4.42 Å². The summed E-state index contributed by atoms with van der Waals surface area (Å²) in [4.78, 5) is 19.2. The Bertz CT molecular complexity index is 461. The third-order valence-corrected chi connectivity index (χ3v) is 1.76. The van der Waals surface area contributed by atoms with Crippen molar-refractivity contribution in [3.05, 3.63) is 54.5 Å². The van der Waals surface area contributed by atoms with E-state index >= 15 is 0 Å². The molecule has 2 aromatic heterocycles. The van der Waals surface area contributed by atoms with Gasteiger partial charge in [0.05, 0.1) is 12.5 Å². The van der Waals surface area contributed by atoms with Crippen LogP contribution in [-0.4, -0.2) is 15.8 Å². The van der Waals surface area contributed by atoms with E-state index in [4.69, 9.17) is 4.42 Å². The molecule has 0 saturated carbocycles. The first kappa shape index (κ1) is 9.33. The summed E-state index contributed by atoms with van der Waals surface area (Å²) < 4.78 is 5.04. The number of hydrogen-bond donors (Lipinski definition) is 0. The van der Waals surface area contributed by atoms with Crippen LogP contribution < -0.4 is 0 Å². The Labute approximate surface area is 86.3 Å². The summed E-state index contributed by atoms with van der Waals surface area (Å²) in [7, 11) is 0. The zero-order valence-corrected chi connectivity index (χ0v) is 7.83. The average molecular weight is 200 g/mol. The number of nitrogens with zero attached hydrogens (tertiary/aromatic N) is 2. The van der Waals surface area contributed by atoms with Crippen LogP contribution in [0.4, 0.5) is 0 Å². The smallest absolute Gasteiger partial charge is 0.205 e. The van der Waals surface area contributed by atoms with Crippen LogP contribution in [0.1, 0.15) is 16.2 Å². The van der Waals surface area contributed by atoms with Crippen LogP contribution in [0.3, 0.4) is 0 Å². The SMILES string of the molecule is O=C(C=Cc1ccco1)c1cnccn1. The third-order valence-electron chi connectivity index (χ3n) is 1.76. The molecular weight excluding hydrogens is 192 g/mol. The summed E-state index contributed by atoms with van der Waals surface area (Å²) in [6.45, 7) is 0. The van der Waals surface area contributed by atoms with Gasteiger partial charge in [0.15, 0.2) is 0 Å². The molecule has 0 N–H and O–H groups in total. The van der Waals surface area contributed by atoms with E-state index in [-0.39, 0.29) is 5.78 Å². The van der Waals surface area contributed by atoms with Crippen molar-refractivity contribution in [2.75, 3.05) is 0 Å². The Morgan fingerprint density at radius 3 is 3.00 bits per heavy atom. The van der Waals surface area contributed by atoms with Crippen LogP contribution in [0.2, 0.25) is 0 Å². The van der Waals surface area contributed by atoms with Gasteiger partial charge in [-0.2, -0.15) is 0 Å². The molecule has 0 unspecified atom stereocenters. The standard InChI is InChI=1S/C11H8N2O2/c14-11(10-8-12-5-6-13-10)4-3-9-2-1-7-15-9/h1-8H. The molecule has 0 radical (unpaired) electrons. The molecule has 15 heavy (non-hydrogen) atoms. The molecule has 0 aromatic carbocycles. The van der Waals surface area contributed by atoms with Crippen LogP contribution in [0.25, 0.3) is 6.08 Å². The predicted octanol–water partition coefficient (Wildman–Crippen LogP) is 1.97. The lowest BCUT2D eigenvalue weighted by molar-refractivity contribution is 0.104.